The Morgan fingerprint density at radius 2 is 2.00 bits per heavy atom. The Morgan fingerprint density at radius 3 is 2.53 bits per heavy atom. The molecule has 0 saturated heterocycles. The summed E-state index contributed by atoms with van der Waals surface area (Å²) in [5, 5.41) is 3.21. The Bertz CT molecular complexity index is 215. The van der Waals surface area contributed by atoms with Crippen LogP contribution in [0.5, 0.6) is 0 Å². The Labute approximate surface area is 105 Å². The second kappa shape index (κ2) is 8.48. The summed E-state index contributed by atoms with van der Waals surface area (Å²) < 4.78 is 10.3. The molecular weight excluding hydrogens is 218 g/mol. The van der Waals surface area contributed by atoms with E-state index in [-0.39, 0.29) is 18.1 Å². The molecular formula is C13H27NO3. The lowest BCUT2D eigenvalue weighted by molar-refractivity contribution is -0.149. The van der Waals surface area contributed by atoms with Crippen LogP contribution in [0.1, 0.15) is 40.5 Å². The third-order valence-corrected chi connectivity index (χ3v) is 2.56. The van der Waals surface area contributed by atoms with Gasteiger partial charge in [0.25, 0.3) is 0 Å². The van der Waals surface area contributed by atoms with Crippen molar-refractivity contribution in [3.8, 4) is 0 Å². The van der Waals surface area contributed by atoms with Gasteiger partial charge in [-0.3, -0.25) is 0 Å². The van der Waals surface area contributed by atoms with Gasteiger partial charge in [-0.1, -0.05) is 13.8 Å². The summed E-state index contributed by atoms with van der Waals surface area (Å²) >= 11 is 0. The maximum absolute atomic E-state index is 11.3. The van der Waals surface area contributed by atoms with Crippen LogP contribution in [0.2, 0.25) is 0 Å². The van der Waals surface area contributed by atoms with E-state index in [0.717, 1.165) is 12.8 Å². The molecule has 0 atom stereocenters. The predicted molar refractivity (Wildman–Crippen MR) is 69.0 cm³/mol. The quantitative estimate of drug-likeness (QED) is 0.498. The minimum absolute atomic E-state index is 0.0631. The lowest BCUT2D eigenvalue weighted by atomic mass is 9.99. The zero-order chi connectivity index (χ0) is 13.3. The van der Waals surface area contributed by atoms with Gasteiger partial charge >= 0.3 is 5.97 Å². The summed E-state index contributed by atoms with van der Waals surface area (Å²) in [6, 6.07) is 0. The highest BCUT2D eigenvalue weighted by Gasteiger charge is 2.14. The molecule has 4 nitrogen and oxygen atoms in total. The van der Waals surface area contributed by atoms with Gasteiger partial charge in [0.2, 0.25) is 0 Å². The molecule has 1 N–H and O–H groups in total. The topological polar surface area (TPSA) is 47.6 Å². The van der Waals surface area contributed by atoms with Crippen molar-refractivity contribution in [2.24, 2.45) is 5.92 Å². The van der Waals surface area contributed by atoms with Crippen LogP contribution in [-0.2, 0) is 14.3 Å². The smallest absolute Gasteiger partial charge is 0.332 e. The fourth-order valence-corrected chi connectivity index (χ4v) is 1.24. The second-order valence-corrected chi connectivity index (χ2v) is 5.37. The summed E-state index contributed by atoms with van der Waals surface area (Å²) in [7, 11) is 1.94. The molecule has 0 aliphatic rings. The lowest BCUT2D eigenvalue weighted by Crippen LogP contribution is -2.36. The predicted octanol–water partition coefficient (Wildman–Crippen LogP) is 1.98. The molecule has 0 bridgehead atoms. The standard InChI is InChI=1S/C13H27NO3/c1-11(2)9-16-10-12(15)17-8-6-7-13(3,4)14-5/h11,14H,6-10H2,1-5H3. The second-order valence-electron chi connectivity index (χ2n) is 5.37. The summed E-state index contributed by atoms with van der Waals surface area (Å²) in [6.45, 7) is 9.47. The molecule has 102 valence electrons. The van der Waals surface area contributed by atoms with Gasteiger partial charge in [-0.25, -0.2) is 4.79 Å². The van der Waals surface area contributed by atoms with E-state index < -0.39 is 0 Å². The van der Waals surface area contributed by atoms with Crippen LogP contribution in [0.3, 0.4) is 0 Å². The van der Waals surface area contributed by atoms with Crippen LogP contribution in [0.4, 0.5) is 0 Å². The maximum atomic E-state index is 11.3. The third-order valence-electron chi connectivity index (χ3n) is 2.56. The maximum Gasteiger partial charge on any atom is 0.332 e. The monoisotopic (exact) mass is 245 g/mol. The van der Waals surface area contributed by atoms with Gasteiger partial charge in [0.15, 0.2) is 0 Å². The van der Waals surface area contributed by atoms with Gasteiger partial charge in [0.1, 0.15) is 6.61 Å². The highest BCUT2D eigenvalue weighted by molar-refractivity contribution is 5.70. The van der Waals surface area contributed by atoms with Crippen molar-refractivity contribution in [2.45, 2.75) is 46.1 Å². The van der Waals surface area contributed by atoms with E-state index in [4.69, 9.17) is 9.47 Å². The average Bonchev–Trinajstić information content (AvgIpc) is 2.24. The van der Waals surface area contributed by atoms with Crippen molar-refractivity contribution in [1.82, 2.24) is 5.32 Å². The van der Waals surface area contributed by atoms with Crippen molar-refractivity contribution in [3.05, 3.63) is 0 Å². The van der Waals surface area contributed by atoms with E-state index in [1.165, 1.54) is 0 Å². The molecule has 0 unspecified atom stereocenters. The molecule has 0 aromatic carbocycles. The fourth-order valence-electron chi connectivity index (χ4n) is 1.24. The normalized spacial score (nSPS) is 11.9. The Balaban J connectivity index is 3.46. The van der Waals surface area contributed by atoms with Crippen molar-refractivity contribution in [1.29, 1.82) is 0 Å². The summed E-state index contributed by atoms with van der Waals surface area (Å²) in [5.41, 5.74) is 0.0978. The van der Waals surface area contributed by atoms with Crippen LogP contribution in [-0.4, -0.2) is 38.4 Å². The number of hydrogen-bond donors (Lipinski definition) is 1. The van der Waals surface area contributed by atoms with Gasteiger partial charge in [0.05, 0.1) is 6.61 Å². The van der Waals surface area contributed by atoms with Gasteiger partial charge in [-0.15, -0.1) is 0 Å². The molecule has 0 spiro atoms. The summed E-state index contributed by atoms with van der Waals surface area (Å²) in [6.07, 6.45) is 1.84. The third kappa shape index (κ3) is 10.3. The highest BCUT2D eigenvalue weighted by Crippen LogP contribution is 2.09. The molecule has 0 aromatic rings. The number of ether oxygens (including phenoxy) is 2. The van der Waals surface area contributed by atoms with Gasteiger partial charge in [-0.2, -0.15) is 0 Å². The van der Waals surface area contributed by atoms with Gasteiger partial charge in [0, 0.05) is 12.1 Å². The molecule has 0 radical (unpaired) electrons. The van der Waals surface area contributed by atoms with E-state index in [1.807, 2.05) is 20.9 Å². The molecule has 0 amide bonds. The lowest BCUT2D eigenvalue weighted by Gasteiger charge is -2.23. The number of carbonyl (C=O) groups is 1. The van der Waals surface area contributed by atoms with E-state index >= 15 is 0 Å². The molecule has 0 saturated carbocycles. The largest absolute Gasteiger partial charge is 0.464 e. The first-order valence-electron chi connectivity index (χ1n) is 6.29. The zero-order valence-corrected chi connectivity index (χ0v) is 11.8. The zero-order valence-electron chi connectivity index (χ0n) is 11.8. The number of carbonyl (C=O) groups excluding carboxylic acids is 1. The first-order chi connectivity index (χ1) is 7.87. The van der Waals surface area contributed by atoms with E-state index in [2.05, 4.69) is 19.2 Å². The molecule has 0 aromatic heterocycles. The van der Waals surface area contributed by atoms with Crippen molar-refractivity contribution in [3.63, 3.8) is 0 Å². The summed E-state index contributed by atoms with van der Waals surface area (Å²) in [4.78, 5) is 11.3. The van der Waals surface area contributed by atoms with Crippen LogP contribution in [0.15, 0.2) is 0 Å². The van der Waals surface area contributed by atoms with Crippen LogP contribution < -0.4 is 5.32 Å². The average molecular weight is 245 g/mol. The summed E-state index contributed by atoms with van der Waals surface area (Å²) in [5.74, 6) is 0.173. The van der Waals surface area contributed by atoms with Crippen molar-refractivity contribution < 1.29 is 14.3 Å². The van der Waals surface area contributed by atoms with E-state index in [1.54, 1.807) is 0 Å². The molecule has 17 heavy (non-hydrogen) atoms. The minimum Gasteiger partial charge on any atom is -0.464 e. The van der Waals surface area contributed by atoms with Crippen LogP contribution in [0, 0.1) is 5.92 Å². The van der Waals surface area contributed by atoms with Crippen molar-refractivity contribution in [2.75, 3.05) is 26.9 Å². The molecule has 4 heteroatoms. The Hall–Kier alpha value is -0.610. The Morgan fingerprint density at radius 1 is 1.35 bits per heavy atom. The molecule has 0 heterocycles. The molecule has 0 rings (SSSR count). The van der Waals surface area contributed by atoms with Crippen LogP contribution in [0.25, 0.3) is 0 Å². The molecule has 0 aliphatic carbocycles. The molecule has 0 aliphatic heterocycles. The molecule has 0 fully saturated rings. The number of esters is 1. The van der Waals surface area contributed by atoms with Crippen molar-refractivity contribution >= 4 is 5.97 Å². The van der Waals surface area contributed by atoms with Gasteiger partial charge < -0.3 is 14.8 Å². The highest BCUT2D eigenvalue weighted by atomic mass is 16.6. The fraction of sp³-hybridized carbons (Fsp3) is 0.923. The number of rotatable bonds is 9. The van der Waals surface area contributed by atoms with E-state index in [0.29, 0.717) is 19.1 Å². The number of hydrogen-bond acceptors (Lipinski definition) is 4. The number of nitrogens with one attached hydrogen (secondary N) is 1. The first-order valence-corrected chi connectivity index (χ1v) is 6.29. The first kappa shape index (κ1) is 16.4. The Kier molecular flexibility index (Phi) is 8.17. The van der Waals surface area contributed by atoms with E-state index in [9.17, 15) is 4.79 Å². The van der Waals surface area contributed by atoms with Gasteiger partial charge in [-0.05, 0) is 39.7 Å². The SMILES string of the molecule is CNC(C)(C)CCCOC(=O)COCC(C)C. The minimum atomic E-state index is -0.270. The van der Waals surface area contributed by atoms with Crippen LogP contribution >= 0.6 is 0 Å².